The first-order valence-corrected chi connectivity index (χ1v) is 8.54. The highest BCUT2D eigenvalue weighted by molar-refractivity contribution is 5.98. The predicted molar refractivity (Wildman–Crippen MR) is 95.3 cm³/mol. The van der Waals surface area contributed by atoms with Crippen LogP contribution in [0.15, 0.2) is 42.6 Å². The largest absolute Gasteiger partial charge is 0.348 e. The quantitative estimate of drug-likeness (QED) is 0.798. The van der Waals surface area contributed by atoms with Gasteiger partial charge in [0, 0.05) is 44.5 Å². The Bertz CT molecular complexity index is 833. The highest BCUT2D eigenvalue weighted by Crippen LogP contribution is 2.09. The minimum Gasteiger partial charge on any atom is -0.348 e. The normalized spacial score (nSPS) is 14.0. The van der Waals surface area contributed by atoms with Gasteiger partial charge in [-0.15, -0.1) is 0 Å². The molecule has 0 radical (unpaired) electrons. The molecule has 27 heavy (non-hydrogen) atoms. The van der Waals surface area contributed by atoms with Crippen molar-refractivity contribution in [3.63, 3.8) is 0 Å². The van der Waals surface area contributed by atoms with E-state index in [1.165, 1.54) is 30.5 Å². The van der Waals surface area contributed by atoms with Gasteiger partial charge in [0.2, 0.25) is 6.41 Å². The molecule has 0 atom stereocenters. The van der Waals surface area contributed by atoms with Crippen LogP contribution in [0.5, 0.6) is 0 Å². The number of aromatic nitrogens is 1. The molecule has 1 saturated heterocycles. The molecule has 8 heteroatoms. The summed E-state index contributed by atoms with van der Waals surface area (Å²) in [5.74, 6) is -0.952. The molecule has 1 aliphatic heterocycles. The minimum absolute atomic E-state index is 0.184. The van der Waals surface area contributed by atoms with Gasteiger partial charge in [0.15, 0.2) is 0 Å². The van der Waals surface area contributed by atoms with E-state index in [-0.39, 0.29) is 29.9 Å². The number of halogens is 1. The van der Waals surface area contributed by atoms with Crippen molar-refractivity contribution in [3.05, 3.63) is 65.2 Å². The van der Waals surface area contributed by atoms with E-state index < -0.39 is 0 Å². The molecule has 0 unspecified atom stereocenters. The molecule has 0 aliphatic carbocycles. The molecule has 0 saturated carbocycles. The highest BCUT2D eigenvalue weighted by Gasteiger charge is 2.22. The summed E-state index contributed by atoms with van der Waals surface area (Å²) in [5, 5.41) is 2.73. The molecule has 2 aromatic rings. The number of carbonyl (C=O) groups is 3. The number of piperazine rings is 1. The fourth-order valence-electron chi connectivity index (χ4n) is 2.77. The molecule has 0 spiro atoms. The number of amides is 3. The van der Waals surface area contributed by atoms with Crippen molar-refractivity contribution in [2.24, 2.45) is 0 Å². The third-order valence-corrected chi connectivity index (χ3v) is 4.36. The maximum Gasteiger partial charge on any atom is 0.272 e. The summed E-state index contributed by atoms with van der Waals surface area (Å²) >= 11 is 0. The molecule has 1 N–H and O–H groups in total. The lowest BCUT2D eigenvalue weighted by atomic mass is 10.1. The van der Waals surface area contributed by atoms with Crippen LogP contribution in [0.25, 0.3) is 0 Å². The van der Waals surface area contributed by atoms with E-state index in [0.717, 1.165) is 12.0 Å². The molecule has 1 aromatic heterocycles. The number of hydrogen-bond donors (Lipinski definition) is 1. The van der Waals surface area contributed by atoms with E-state index in [1.807, 2.05) is 0 Å². The van der Waals surface area contributed by atoms with Crippen molar-refractivity contribution in [2.75, 3.05) is 26.2 Å². The van der Waals surface area contributed by atoms with Gasteiger partial charge in [-0.3, -0.25) is 19.4 Å². The van der Waals surface area contributed by atoms with Gasteiger partial charge in [-0.1, -0.05) is 12.1 Å². The highest BCUT2D eigenvalue weighted by atomic mass is 19.1. The van der Waals surface area contributed by atoms with Gasteiger partial charge in [0.1, 0.15) is 11.5 Å². The Balaban J connectivity index is 1.62. The van der Waals surface area contributed by atoms with Gasteiger partial charge in [0.05, 0.1) is 0 Å². The Morgan fingerprint density at radius 3 is 2.48 bits per heavy atom. The molecule has 1 aromatic carbocycles. The Hall–Kier alpha value is -3.29. The number of nitrogens with zero attached hydrogens (tertiary/aromatic N) is 3. The third kappa shape index (κ3) is 4.66. The lowest BCUT2D eigenvalue weighted by Crippen LogP contribution is -2.48. The van der Waals surface area contributed by atoms with Crippen molar-refractivity contribution in [2.45, 2.75) is 6.54 Å². The van der Waals surface area contributed by atoms with Crippen molar-refractivity contribution in [1.82, 2.24) is 20.1 Å². The molecule has 3 amide bonds. The summed E-state index contributed by atoms with van der Waals surface area (Å²) in [4.78, 5) is 42.9. The summed E-state index contributed by atoms with van der Waals surface area (Å²) < 4.78 is 12.9. The number of nitrogens with one attached hydrogen (secondary N) is 1. The number of rotatable bonds is 5. The van der Waals surface area contributed by atoms with E-state index in [0.29, 0.717) is 31.7 Å². The second kappa shape index (κ2) is 8.39. The van der Waals surface area contributed by atoms with Crippen LogP contribution in [0, 0.1) is 5.82 Å². The van der Waals surface area contributed by atoms with Crippen LogP contribution in [0.1, 0.15) is 26.4 Å². The Morgan fingerprint density at radius 1 is 1.11 bits per heavy atom. The SMILES string of the molecule is O=CN1CCN(C(=O)c2cc(C(=O)NCc3ccc(F)cc3)ccn2)CC1. The first-order valence-electron chi connectivity index (χ1n) is 8.54. The molecule has 3 rings (SSSR count). The van der Waals surface area contributed by atoms with Crippen molar-refractivity contribution >= 4 is 18.2 Å². The summed E-state index contributed by atoms with van der Waals surface area (Å²) in [6.07, 6.45) is 2.19. The number of hydrogen-bond acceptors (Lipinski definition) is 4. The van der Waals surface area contributed by atoms with E-state index in [2.05, 4.69) is 10.3 Å². The second-order valence-electron chi connectivity index (χ2n) is 6.17. The summed E-state index contributed by atoms with van der Waals surface area (Å²) in [6.45, 7) is 2.07. The first kappa shape index (κ1) is 18.5. The lowest BCUT2D eigenvalue weighted by Gasteiger charge is -2.32. The van der Waals surface area contributed by atoms with E-state index in [4.69, 9.17) is 0 Å². The fourth-order valence-corrected chi connectivity index (χ4v) is 2.77. The maximum absolute atomic E-state index is 12.9. The van der Waals surface area contributed by atoms with Crippen LogP contribution in [0.3, 0.4) is 0 Å². The Labute approximate surface area is 155 Å². The van der Waals surface area contributed by atoms with E-state index in [1.54, 1.807) is 21.9 Å². The van der Waals surface area contributed by atoms with Gasteiger partial charge < -0.3 is 15.1 Å². The summed E-state index contributed by atoms with van der Waals surface area (Å²) in [7, 11) is 0. The van der Waals surface area contributed by atoms with Gasteiger partial charge in [-0.2, -0.15) is 0 Å². The zero-order valence-corrected chi connectivity index (χ0v) is 14.6. The molecule has 140 valence electrons. The van der Waals surface area contributed by atoms with Crippen LogP contribution in [-0.2, 0) is 11.3 Å². The number of pyridine rings is 1. The number of benzene rings is 1. The summed E-state index contributed by atoms with van der Waals surface area (Å²) in [6, 6.07) is 8.83. The van der Waals surface area contributed by atoms with Crippen molar-refractivity contribution < 1.29 is 18.8 Å². The van der Waals surface area contributed by atoms with E-state index >= 15 is 0 Å². The standard InChI is InChI=1S/C19H19FN4O3/c20-16-3-1-14(2-4-16)12-22-18(26)15-5-6-21-17(11-15)19(27)24-9-7-23(13-25)8-10-24/h1-6,11,13H,7-10,12H2,(H,22,26). The lowest BCUT2D eigenvalue weighted by molar-refractivity contribution is -0.119. The van der Waals surface area contributed by atoms with Crippen LogP contribution >= 0.6 is 0 Å². The molecule has 0 bridgehead atoms. The third-order valence-electron chi connectivity index (χ3n) is 4.36. The van der Waals surface area contributed by atoms with Crippen LogP contribution in [0.4, 0.5) is 4.39 Å². The van der Waals surface area contributed by atoms with Gasteiger partial charge in [-0.05, 0) is 29.8 Å². The van der Waals surface area contributed by atoms with Crippen molar-refractivity contribution in [1.29, 1.82) is 0 Å². The zero-order chi connectivity index (χ0) is 19.2. The minimum atomic E-state index is -0.346. The summed E-state index contributed by atoms with van der Waals surface area (Å²) in [5.41, 5.74) is 1.27. The monoisotopic (exact) mass is 370 g/mol. The van der Waals surface area contributed by atoms with Gasteiger partial charge in [0.25, 0.3) is 11.8 Å². The molecule has 7 nitrogen and oxygen atoms in total. The topological polar surface area (TPSA) is 82.6 Å². The molecular formula is C19H19FN4O3. The zero-order valence-electron chi connectivity index (χ0n) is 14.6. The van der Waals surface area contributed by atoms with Crippen molar-refractivity contribution in [3.8, 4) is 0 Å². The molecule has 1 fully saturated rings. The van der Waals surface area contributed by atoms with Gasteiger partial charge >= 0.3 is 0 Å². The van der Waals surface area contributed by atoms with Crippen LogP contribution in [0.2, 0.25) is 0 Å². The first-order chi connectivity index (χ1) is 13.1. The van der Waals surface area contributed by atoms with Crippen LogP contribution < -0.4 is 5.32 Å². The average molecular weight is 370 g/mol. The molecule has 2 heterocycles. The fraction of sp³-hybridized carbons (Fsp3) is 0.263. The maximum atomic E-state index is 12.9. The van der Waals surface area contributed by atoms with Gasteiger partial charge in [-0.25, -0.2) is 4.39 Å². The predicted octanol–water partition coefficient (Wildman–Crippen LogP) is 1.06. The molecular weight excluding hydrogens is 351 g/mol. The molecule has 1 aliphatic rings. The number of carbonyl (C=O) groups excluding carboxylic acids is 3. The Morgan fingerprint density at radius 2 is 1.81 bits per heavy atom. The van der Waals surface area contributed by atoms with E-state index in [9.17, 15) is 18.8 Å². The van der Waals surface area contributed by atoms with Crippen LogP contribution in [-0.4, -0.2) is 59.2 Å². The second-order valence-corrected chi connectivity index (χ2v) is 6.17. The average Bonchev–Trinajstić information content (AvgIpc) is 2.72. The Kier molecular flexibility index (Phi) is 5.75. The smallest absolute Gasteiger partial charge is 0.272 e.